The first kappa shape index (κ1) is 12.3. The van der Waals surface area contributed by atoms with E-state index < -0.39 is 0 Å². The van der Waals surface area contributed by atoms with E-state index in [1.54, 1.807) is 19.5 Å². The number of hydrogen-bond acceptors (Lipinski definition) is 2. The molecular weight excluding hydrogens is 224 g/mol. The Morgan fingerprint density at radius 2 is 2.11 bits per heavy atom. The number of methoxy groups -OCH3 is 1. The Balaban J connectivity index is 2.22. The van der Waals surface area contributed by atoms with E-state index in [4.69, 9.17) is 4.74 Å². The van der Waals surface area contributed by atoms with Crippen molar-refractivity contribution in [3.05, 3.63) is 55.5 Å². The first-order valence-electron chi connectivity index (χ1n) is 5.93. The summed E-state index contributed by atoms with van der Waals surface area (Å²) >= 11 is 0. The summed E-state index contributed by atoms with van der Waals surface area (Å²) in [5.74, 6) is 0.882. The summed E-state index contributed by atoms with van der Waals surface area (Å²) in [7, 11) is 1.69. The minimum absolute atomic E-state index is 0.872. The Hall–Kier alpha value is -2.16. The molecule has 0 atom stereocenters. The average Bonchev–Trinajstić information content (AvgIpc) is 2.82. The molecule has 0 spiro atoms. The van der Waals surface area contributed by atoms with Crippen LogP contribution in [0.1, 0.15) is 5.56 Å². The zero-order valence-electron chi connectivity index (χ0n) is 10.6. The molecule has 1 N–H and O–H groups in total. The fourth-order valence-electron chi connectivity index (χ4n) is 2.00. The van der Waals surface area contributed by atoms with Crippen LogP contribution in [0.4, 0.5) is 0 Å². The molecule has 1 heterocycles. The van der Waals surface area contributed by atoms with Crippen LogP contribution in [0, 0.1) is 0 Å². The monoisotopic (exact) mass is 242 g/mol. The van der Waals surface area contributed by atoms with E-state index in [1.807, 2.05) is 17.0 Å². The molecule has 0 saturated heterocycles. The zero-order chi connectivity index (χ0) is 13.0. The van der Waals surface area contributed by atoms with Crippen LogP contribution < -0.4 is 4.74 Å². The van der Waals surface area contributed by atoms with E-state index >= 15 is 0 Å². The van der Waals surface area contributed by atoms with E-state index in [9.17, 15) is 0 Å². The minimum Gasteiger partial charge on any atom is -0.497 e. The van der Waals surface area contributed by atoms with Crippen LogP contribution in [0.2, 0.25) is 0 Å². The van der Waals surface area contributed by atoms with Gasteiger partial charge in [-0.05, 0) is 42.6 Å². The Labute approximate surface area is 107 Å². The molecule has 0 aliphatic heterocycles. The third kappa shape index (κ3) is 2.40. The molecule has 2 rings (SSSR count). The summed E-state index contributed by atoms with van der Waals surface area (Å²) in [6.45, 7) is 8.37. The van der Waals surface area contributed by atoms with Gasteiger partial charge in [0.05, 0.1) is 7.11 Å². The fourth-order valence-corrected chi connectivity index (χ4v) is 2.00. The van der Waals surface area contributed by atoms with Crippen LogP contribution in [0.15, 0.2) is 50.0 Å². The minimum atomic E-state index is 0.872. The zero-order valence-corrected chi connectivity index (χ0v) is 10.6. The molecule has 0 radical (unpaired) electrons. The molecule has 0 amide bonds. The lowest BCUT2D eigenvalue weighted by Gasteiger charge is -2.13. The molecule has 0 saturated carbocycles. The molecule has 94 valence electrons. The van der Waals surface area contributed by atoms with Crippen LogP contribution in [-0.4, -0.2) is 23.5 Å². The molecule has 0 bridgehead atoms. The van der Waals surface area contributed by atoms with Crippen LogP contribution in [0.3, 0.4) is 0 Å². The summed E-state index contributed by atoms with van der Waals surface area (Å²) in [5.41, 5.74) is 2.41. The van der Waals surface area contributed by atoms with Crippen molar-refractivity contribution in [2.75, 3.05) is 13.7 Å². The van der Waals surface area contributed by atoms with Crippen molar-refractivity contribution < 1.29 is 4.74 Å². The van der Waals surface area contributed by atoms with Gasteiger partial charge in [0.25, 0.3) is 0 Å². The summed E-state index contributed by atoms with van der Waals surface area (Å²) in [6.07, 6.45) is 6.55. The molecule has 3 nitrogen and oxygen atoms in total. The maximum Gasteiger partial charge on any atom is 0.119 e. The van der Waals surface area contributed by atoms with Gasteiger partial charge >= 0.3 is 0 Å². The summed E-state index contributed by atoms with van der Waals surface area (Å²) in [5, 5.41) is 1.21. The first-order valence-corrected chi connectivity index (χ1v) is 5.93. The fraction of sp³-hybridized carbons (Fsp3) is 0.200. The second kappa shape index (κ2) is 5.45. The molecule has 0 unspecified atom stereocenters. The number of nitrogens with zero attached hydrogens (tertiary/aromatic N) is 1. The van der Waals surface area contributed by atoms with Gasteiger partial charge in [-0.1, -0.05) is 13.2 Å². The maximum absolute atomic E-state index is 5.26. The molecule has 0 fully saturated rings. The molecule has 3 heteroatoms. The number of H-pyrrole nitrogens is 1. The van der Waals surface area contributed by atoms with Gasteiger partial charge in [0.1, 0.15) is 5.75 Å². The van der Waals surface area contributed by atoms with Gasteiger partial charge in [0.15, 0.2) is 0 Å². The lowest BCUT2D eigenvalue weighted by molar-refractivity contribution is 0.415. The highest BCUT2D eigenvalue weighted by Crippen LogP contribution is 2.24. The summed E-state index contributed by atoms with van der Waals surface area (Å²) < 4.78 is 5.26. The van der Waals surface area contributed by atoms with E-state index in [1.165, 1.54) is 10.9 Å². The second-order valence-electron chi connectivity index (χ2n) is 4.08. The van der Waals surface area contributed by atoms with E-state index in [0.29, 0.717) is 0 Å². The van der Waals surface area contributed by atoms with Gasteiger partial charge in [-0.2, -0.15) is 0 Å². The van der Waals surface area contributed by atoms with Gasteiger partial charge in [-0.25, -0.2) is 0 Å². The maximum atomic E-state index is 5.26. The number of hydrogen-bond donors (Lipinski definition) is 1. The van der Waals surface area contributed by atoms with Crippen molar-refractivity contribution in [1.29, 1.82) is 0 Å². The largest absolute Gasteiger partial charge is 0.497 e. The Morgan fingerprint density at radius 3 is 2.78 bits per heavy atom. The Bertz CT molecular complexity index is 549. The van der Waals surface area contributed by atoms with Crippen molar-refractivity contribution in [3.8, 4) is 5.75 Å². The highest BCUT2D eigenvalue weighted by Gasteiger charge is 2.05. The van der Waals surface area contributed by atoms with E-state index in [-0.39, 0.29) is 0 Å². The number of aromatic amines is 1. The Morgan fingerprint density at radius 1 is 1.33 bits per heavy atom. The average molecular weight is 242 g/mol. The predicted octanol–water partition coefficient (Wildman–Crippen LogP) is 3.31. The quantitative estimate of drug-likeness (QED) is 0.841. The Kier molecular flexibility index (Phi) is 3.72. The van der Waals surface area contributed by atoms with Crippen molar-refractivity contribution in [1.82, 2.24) is 9.88 Å². The van der Waals surface area contributed by atoms with Crippen LogP contribution >= 0.6 is 0 Å². The van der Waals surface area contributed by atoms with Gasteiger partial charge in [0, 0.05) is 23.6 Å². The smallest absolute Gasteiger partial charge is 0.119 e. The molecule has 0 aliphatic carbocycles. The third-order valence-electron chi connectivity index (χ3n) is 3.08. The standard InChI is InChI=1S/C15H18N2O/c1-4-17(5-2)9-8-12-11-16-15-7-6-13(18-3)10-14(12)15/h4-7,10-11,16H,1-2,8-9H2,3H3. The van der Waals surface area contributed by atoms with Gasteiger partial charge < -0.3 is 14.6 Å². The van der Waals surface area contributed by atoms with E-state index in [2.05, 4.69) is 30.4 Å². The molecular formula is C15H18N2O. The molecule has 1 aromatic carbocycles. The van der Waals surface area contributed by atoms with Crippen molar-refractivity contribution in [3.63, 3.8) is 0 Å². The van der Waals surface area contributed by atoms with Gasteiger partial charge in [0.2, 0.25) is 0 Å². The third-order valence-corrected chi connectivity index (χ3v) is 3.08. The normalized spacial score (nSPS) is 10.3. The lowest BCUT2D eigenvalue weighted by Crippen LogP contribution is -2.12. The summed E-state index contributed by atoms with van der Waals surface area (Å²) in [4.78, 5) is 5.24. The van der Waals surface area contributed by atoms with Gasteiger partial charge in [-0.3, -0.25) is 0 Å². The van der Waals surface area contributed by atoms with Crippen molar-refractivity contribution in [2.24, 2.45) is 0 Å². The number of fused-ring (bicyclic) bond motifs is 1. The molecule has 1 aromatic heterocycles. The molecule has 0 aliphatic rings. The number of aromatic nitrogens is 1. The van der Waals surface area contributed by atoms with E-state index in [0.717, 1.165) is 24.2 Å². The summed E-state index contributed by atoms with van der Waals surface area (Å²) in [6, 6.07) is 6.06. The molecule has 2 aromatic rings. The van der Waals surface area contributed by atoms with Crippen molar-refractivity contribution in [2.45, 2.75) is 6.42 Å². The first-order chi connectivity index (χ1) is 8.78. The number of rotatable bonds is 6. The second-order valence-corrected chi connectivity index (χ2v) is 4.08. The van der Waals surface area contributed by atoms with Crippen LogP contribution in [0.5, 0.6) is 5.75 Å². The SMILES string of the molecule is C=CN(C=C)CCc1c[nH]c2ccc(OC)cc12. The van der Waals surface area contributed by atoms with Crippen molar-refractivity contribution >= 4 is 10.9 Å². The van der Waals surface area contributed by atoms with Crippen LogP contribution in [0.25, 0.3) is 10.9 Å². The number of benzene rings is 1. The predicted molar refractivity (Wildman–Crippen MR) is 75.7 cm³/mol. The van der Waals surface area contributed by atoms with Gasteiger partial charge in [-0.15, -0.1) is 0 Å². The highest BCUT2D eigenvalue weighted by atomic mass is 16.5. The number of nitrogens with one attached hydrogen (secondary N) is 1. The highest BCUT2D eigenvalue weighted by molar-refractivity contribution is 5.84. The lowest BCUT2D eigenvalue weighted by atomic mass is 10.1. The van der Waals surface area contributed by atoms with Crippen LogP contribution in [-0.2, 0) is 6.42 Å². The number of ether oxygens (including phenoxy) is 1. The topological polar surface area (TPSA) is 28.3 Å². The molecule has 18 heavy (non-hydrogen) atoms.